The van der Waals surface area contributed by atoms with E-state index in [1.807, 2.05) is 42.1 Å². The highest BCUT2D eigenvalue weighted by Gasteiger charge is 2.11. The Morgan fingerprint density at radius 1 is 1.40 bits per heavy atom. The lowest BCUT2D eigenvalue weighted by molar-refractivity contribution is 0.553. The molecule has 0 radical (unpaired) electrons. The van der Waals surface area contributed by atoms with Crippen molar-refractivity contribution >= 4 is 23.2 Å². The molecular formula is C19H22N6. The number of aryl methyl sites for hydroxylation is 1. The van der Waals surface area contributed by atoms with E-state index >= 15 is 0 Å². The van der Waals surface area contributed by atoms with Gasteiger partial charge >= 0.3 is 0 Å². The van der Waals surface area contributed by atoms with Gasteiger partial charge in [0.25, 0.3) is 0 Å². The molecular weight excluding hydrogens is 312 g/mol. The van der Waals surface area contributed by atoms with Crippen molar-refractivity contribution in [2.45, 2.75) is 33.2 Å². The first-order valence-corrected chi connectivity index (χ1v) is 8.44. The molecule has 0 aliphatic rings. The Kier molecular flexibility index (Phi) is 5.18. The number of aliphatic imine (C=N–C) groups is 1. The molecule has 0 aliphatic heterocycles. The number of H-pyrrole nitrogens is 1. The van der Waals surface area contributed by atoms with E-state index in [1.54, 1.807) is 6.20 Å². The van der Waals surface area contributed by atoms with Gasteiger partial charge in [-0.3, -0.25) is 14.8 Å². The summed E-state index contributed by atoms with van der Waals surface area (Å²) in [6.45, 7) is 8.52. The summed E-state index contributed by atoms with van der Waals surface area (Å²) in [5.74, 6) is 0. The lowest BCUT2D eigenvalue weighted by atomic mass is 10.0. The zero-order valence-electron chi connectivity index (χ0n) is 14.6. The summed E-state index contributed by atoms with van der Waals surface area (Å²) in [6.07, 6.45) is 9.80. The van der Waals surface area contributed by atoms with Crippen LogP contribution in [0.4, 0.5) is 0 Å². The van der Waals surface area contributed by atoms with E-state index < -0.39 is 0 Å². The Morgan fingerprint density at radius 3 is 3.04 bits per heavy atom. The molecule has 6 nitrogen and oxygen atoms in total. The highest BCUT2D eigenvalue weighted by atomic mass is 15.4. The van der Waals surface area contributed by atoms with Gasteiger partial charge < -0.3 is 0 Å². The van der Waals surface area contributed by atoms with Gasteiger partial charge in [0.05, 0.1) is 17.4 Å². The van der Waals surface area contributed by atoms with Crippen LogP contribution in [0.3, 0.4) is 0 Å². The summed E-state index contributed by atoms with van der Waals surface area (Å²) < 4.78 is 1.90. The zero-order chi connectivity index (χ0) is 17.6. The molecule has 0 aliphatic carbocycles. The van der Waals surface area contributed by atoms with E-state index in [1.165, 1.54) is 0 Å². The molecule has 128 valence electrons. The van der Waals surface area contributed by atoms with Crippen LogP contribution in [0.1, 0.15) is 32.4 Å². The number of nitrogens with zero attached hydrogens (tertiary/aromatic N) is 5. The minimum atomic E-state index is 0.871. The third kappa shape index (κ3) is 3.57. The van der Waals surface area contributed by atoms with E-state index in [0.717, 1.165) is 52.8 Å². The Balaban J connectivity index is 1.99. The molecule has 2 heterocycles. The Morgan fingerprint density at radius 2 is 2.28 bits per heavy atom. The SMILES string of the molecule is C=N/C=C\C(=C/C)c1n[nH]c2ccc(-c3cn(CCCC)nn3)cc12. The number of aromatic nitrogens is 5. The standard InChI is InChI=1S/C19H22N6/c1-4-6-11-25-13-18(22-24-25)15-7-8-17-16(12-15)19(23-21-17)14(5-2)9-10-20-3/h5,7-10,12-13H,3-4,6,11H2,1-2H3,(H,21,23)/b10-9-,14-5+. The van der Waals surface area contributed by atoms with Crippen LogP contribution in [0.15, 0.2) is 47.7 Å². The molecule has 0 bridgehead atoms. The molecule has 0 unspecified atom stereocenters. The summed E-state index contributed by atoms with van der Waals surface area (Å²) in [7, 11) is 0. The minimum Gasteiger partial charge on any atom is -0.277 e. The fraction of sp³-hybridized carbons (Fsp3) is 0.263. The second kappa shape index (κ2) is 7.70. The lowest BCUT2D eigenvalue weighted by Gasteiger charge is -2.00. The van der Waals surface area contributed by atoms with Crippen LogP contribution in [-0.2, 0) is 6.54 Å². The fourth-order valence-electron chi connectivity index (χ4n) is 2.70. The number of hydrogen-bond donors (Lipinski definition) is 1. The number of unbranched alkanes of at least 4 members (excludes halogenated alkanes) is 1. The van der Waals surface area contributed by atoms with Crippen LogP contribution < -0.4 is 0 Å². The van der Waals surface area contributed by atoms with Gasteiger partial charge in [0.1, 0.15) is 5.69 Å². The number of rotatable bonds is 7. The number of benzene rings is 1. The molecule has 1 aromatic carbocycles. The van der Waals surface area contributed by atoms with Gasteiger partial charge in [0, 0.05) is 23.7 Å². The van der Waals surface area contributed by atoms with Crippen molar-refractivity contribution in [3.05, 3.63) is 48.4 Å². The number of fused-ring (bicyclic) bond motifs is 1. The smallest absolute Gasteiger partial charge is 0.113 e. The third-order valence-electron chi connectivity index (χ3n) is 4.08. The van der Waals surface area contributed by atoms with Crippen molar-refractivity contribution in [3.63, 3.8) is 0 Å². The first-order chi connectivity index (χ1) is 12.3. The summed E-state index contributed by atoms with van der Waals surface area (Å²) in [6, 6.07) is 6.16. The average molecular weight is 334 g/mol. The second-order valence-electron chi connectivity index (χ2n) is 5.80. The fourth-order valence-corrected chi connectivity index (χ4v) is 2.70. The van der Waals surface area contributed by atoms with Gasteiger partial charge in [-0.05, 0) is 43.8 Å². The van der Waals surface area contributed by atoms with Gasteiger partial charge in [-0.1, -0.05) is 30.7 Å². The van der Waals surface area contributed by atoms with Crippen molar-refractivity contribution in [3.8, 4) is 11.3 Å². The van der Waals surface area contributed by atoms with Crippen LogP contribution >= 0.6 is 0 Å². The molecule has 2 aromatic heterocycles. The molecule has 3 aromatic rings. The molecule has 3 rings (SSSR count). The Bertz CT molecular complexity index is 928. The van der Waals surface area contributed by atoms with Gasteiger partial charge in [-0.2, -0.15) is 5.10 Å². The van der Waals surface area contributed by atoms with Crippen molar-refractivity contribution in [2.75, 3.05) is 0 Å². The average Bonchev–Trinajstić information content (AvgIpc) is 3.27. The van der Waals surface area contributed by atoms with E-state index in [4.69, 9.17) is 0 Å². The molecule has 0 fully saturated rings. The maximum Gasteiger partial charge on any atom is 0.113 e. The molecule has 1 N–H and O–H groups in total. The molecule has 0 atom stereocenters. The van der Waals surface area contributed by atoms with Crippen molar-refractivity contribution in [1.29, 1.82) is 0 Å². The van der Waals surface area contributed by atoms with Crippen LogP contribution in [0.5, 0.6) is 0 Å². The highest BCUT2D eigenvalue weighted by Crippen LogP contribution is 2.28. The van der Waals surface area contributed by atoms with Crippen molar-refractivity contribution < 1.29 is 0 Å². The van der Waals surface area contributed by atoms with E-state index in [0.29, 0.717) is 0 Å². The summed E-state index contributed by atoms with van der Waals surface area (Å²) in [4.78, 5) is 3.78. The molecule has 6 heteroatoms. The maximum absolute atomic E-state index is 4.45. The van der Waals surface area contributed by atoms with E-state index in [9.17, 15) is 0 Å². The van der Waals surface area contributed by atoms with Crippen molar-refractivity contribution in [2.24, 2.45) is 4.99 Å². The van der Waals surface area contributed by atoms with Gasteiger partial charge in [-0.25, -0.2) is 0 Å². The van der Waals surface area contributed by atoms with Crippen LogP contribution in [0.2, 0.25) is 0 Å². The van der Waals surface area contributed by atoms with Crippen molar-refractivity contribution in [1.82, 2.24) is 25.2 Å². The zero-order valence-corrected chi connectivity index (χ0v) is 14.6. The molecule has 0 saturated heterocycles. The summed E-state index contributed by atoms with van der Waals surface area (Å²) in [5.41, 5.74) is 4.76. The number of nitrogens with one attached hydrogen (secondary N) is 1. The summed E-state index contributed by atoms with van der Waals surface area (Å²) in [5, 5.41) is 17.1. The second-order valence-corrected chi connectivity index (χ2v) is 5.80. The summed E-state index contributed by atoms with van der Waals surface area (Å²) >= 11 is 0. The number of allylic oxidation sites excluding steroid dienone is 3. The number of hydrogen-bond acceptors (Lipinski definition) is 4. The molecule has 0 saturated carbocycles. The first kappa shape index (κ1) is 16.8. The topological polar surface area (TPSA) is 71.8 Å². The predicted molar refractivity (Wildman–Crippen MR) is 102 cm³/mol. The highest BCUT2D eigenvalue weighted by molar-refractivity contribution is 5.95. The predicted octanol–water partition coefficient (Wildman–Crippen LogP) is 4.24. The Labute approximate surface area is 147 Å². The third-order valence-corrected chi connectivity index (χ3v) is 4.08. The lowest BCUT2D eigenvalue weighted by Crippen LogP contribution is -1.97. The van der Waals surface area contributed by atoms with Gasteiger partial charge in [0.15, 0.2) is 0 Å². The minimum absolute atomic E-state index is 0.871. The number of aromatic amines is 1. The first-order valence-electron chi connectivity index (χ1n) is 8.44. The van der Waals surface area contributed by atoms with Gasteiger partial charge in [0.2, 0.25) is 0 Å². The van der Waals surface area contributed by atoms with E-state index in [2.05, 4.69) is 45.2 Å². The Hall–Kier alpha value is -3.02. The molecule has 0 amide bonds. The maximum atomic E-state index is 4.45. The molecule has 0 spiro atoms. The molecule has 25 heavy (non-hydrogen) atoms. The van der Waals surface area contributed by atoms with Crippen LogP contribution in [-0.4, -0.2) is 31.9 Å². The van der Waals surface area contributed by atoms with Crippen LogP contribution in [0, 0.1) is 0 Å². The van der Waals surface area contributed by atoms with Gasteiger partial charge in [-0.15, -0.1) is 5.10 Å². The normalized spacial score (nSPS) is 12.3. The monoisotopic (exact) mass is 334 g/mol. The van der Waals surface area contributed by atoms with E-state index in [-0.39, 0.29) is 0 Å². The van der Waals surface area contributed by atoms with Crippen LogP contribution in [0.25, 0.3) is 27.7 Å². The quantitative estimate of drug-likeness (QED) is 0.519. The largest absolute Gasteiger partial charge is 0.277 e.